The summed E-state index contributed by atoms with van der Waals surface area (Å²) in [5, 5.41) is 6.47. The lowest BCUT2D eigenvalue weighted by Gasteiger charge is -2.22. The normalized spacial score (nSPS) is 17.5. The minimum atomic E-state index is 0.0356. The van der Waals surface area contributed by atoms with Gasteiger partial charge in [-0.25, -0.2) is 0 Å². The summed E-state index contributed by atoms with van der Waals surface area (Å²) in [6, 6.07) is 9.95. The minimum absolute atomic E-state index is 0.0356. The van der Waals surface area contributed by atoms with E-state index in [1.807, 2.05) is 30.3 Å². The van der Waals surface area contributed by atoms with Gasteiger partial charge in [-0.1, -0.05) is 12.1 Å². The number of methoxy groups -OCH3 is 1. The number of amides is 1. The molecule has 0 radical (unpaired) electrons. The Morgan fingerprint density at radius 2 is 2.17 bits per heavy atom. The highest BCUT2D eigenvalue weighted by Gasteiger charge is 2.17. The molecule has 2 heterocycles. The highest BCUT2D eigenvalue weighted by molar-refractivity contribution is 7.14. The Morgan fingerprint density at radius 1 is 1.38 bits per heavy atom. The molecule has 3 rings (SSSR count). The molecule has 1 unspecified atom stereocenters. The van der Waals surface area contributed by atoms with Crippen molar-refractivity contribution in [2.24, 2.45) is 5.92 Å². The summed E-state index contributed by atoms with van der Waals surface area (Å²) >= 11 is 1.55. The fraction of sp³-hybridized carbons (Fsp3) is 0.421. The van der Waals surface area contributed by atoms with Crippen molar-refractivity contribution in [1.29, 1.82) is 0 Å². The summed E-state index contributed by atoms with van der Waals surface area (Å²) in [5.74, 6) is 1.42. The minimum Gasteiger partial charge on any atom is -0.497 e. The third-order valence-corrected chi connectivity index (χ3v) is 5.54. The van der Waals surface area contributed by atoms with Crippen LogP contribution in [0.3, 0.4) is 0 Å². The van der Waals surface area contributed by atoms with Gasteiger partial charge in [0.1, 0.15) is 5.75 Å². The van der Waals surface area contributed by atoms with Gasteiger partial charge in [-0.15, -0.1) is 11.3 Å². The monoisotopic (exact) mass is 344 g/mol. The van der Waals surface area contributed by atoms with E-state index < -0.39 is 0 Å². The smallest absolute Gasteiger partial charge is 0.261 e. The highest BCUT2D eigenvalue weighted by Crippen LogP contribution is 2.32. The number of hydrogen-bond donors (Lipinski definition) is 2. The van der Waals surface area contributed by atoms with Crippen LogP contribution in [0.15, 0.2) is 30.3 Å². The lowest BCUT2D eigenvalue weighted by atomic mass is 10.00. The number of rotatable bonds is 5. The molecular formula is C19H24N2O2S. The number of ether oxygens (including phenoxy) is 1. The second-order valence-corrected chi connectivity index (χ2v) is 7.49. The molecule has 2 N–H and O–H groups in total. The molecule has 1 fully saturated rings. The number of benzene rings is 1. The van der Waals surface area contributed by atoms with Crippen LogP contribution in [-0.2, 0) is 0 Å². The van der Waals surface area contributed by atoms with Crippen molar-refractivity contribution in [3.63, 3.8) is 0 Å². The van der Waals surface area contributed by atoms with Gasteiger partial charge in [0, 0.05) is 11.4 Å². The Hall–Kier alpha value is -1.85. The number of thiophene rings is 1. The molecule has 1 aromatic heterocycles. The van der Waals surface area contributed by atoms with Crippen molar-refractivity contribution in [1.82, 2.24) is 10.6 Å². The molecular weight excluding hydrogens is 320 g/mol. The van der Waals surface area contributed by atoms with Crippen LogP contribution in [0.4, 0.5) is 0 Å². The standard InChI is InChI=1S/C19H24N2O2S/c1-13-17(15-5-7-16(23-2)8-6-15)10-18(24-13)19(22)21-12-14-4-3-9-20-11-14/h5-8,10,14,20H,3-4,9,11-12H2,1-2H3,(H,21,22). The van der Waals surface area contributed by atoms with Crippen molar-refractivity contribution >= 4 is 17.2 Å². The summed E-state index contributed by atoms with van der Waals surface area (Å²) in [6.45, 7) is 4.91. The first-order valence-corrected chi connectivity index (χ1v) is 9.23. The maximum Gasteiger partial charge on any atom is 0.261 e. The molecule has 1 atom stereocenters. The molecule has 0 spiro atoms. The molecule has 1 aliphatic rings. The summed E-state index contributed by atoms with van der Waals surface area (Å²) < 4.78 is 5.20. The van der Waals surface area contributed by atoms with Gasteiger partial charge in [-0.05, 0) is 68.1 Å². The van der Waals surface area contributed by atoms with Crippen LogP contribution in [0.25, 0.3) is 11.1 Å². The first-order chi connectivity index (χ1) is 11.7. The maximum absolute atomic E-state index is 12.4. The van der Waals surface area contributed by atoms with Gasteiger partial charge in [-0.2, -0.15) is 0 Å². The van der Waals surface area contributed by atoms with Crippen molar-refractivity contribution in [2.75, 3.05) is 26.7 Å². The van der Waals surface area contributed by atoms with Crippen molar-refractivity contribution in [2.45, 2.75) is 19.8 Å². The van der Waals surface area contributed by atoms with Gasteiger partial charge in [0.2, 0.25) is 0 Å². The quantitative estimate of drug-likeness (QED) is 0.873. The fourth-order valence-electron chi connectivity index (χ4n) is 3.07. The largest absolute Gasteiger partial charge is 0.497 e. The zero-order chi connectivity index (χ0) is 16.9. The van der Waals surface area contributed by atoms with E-state index in [-0.39, 0.29) is 5.91 Å². The molecule has 1 aliphatic heterocycles. The number of aryl methyl sites for hydroxylation is 1. The lowest BCUT2D eigenvalue weighted by Crippen LogP contribution is -2.37. The SMILES string of the molecule is COc1ccc(-c2cc(C(=O)NCC3CCCNC3)sc2C)cc1. The molecule has 1 aromatic carbocycles. The molecule has 2 aromatic rings. The molecule has 128 valence electrons. The third-order valence-electron chi connectivity index (χ3n) is 4.49. The van der Waals surface area contributed by atoms with Crippen LogP contribution in [0.2, 0.25) is 0 Å². The van der Waals surface area contributed by atoms with E-state index in [1.54, 1.807) is 18.4 Å². The highest BCUT2D eigenvalue weighted by atomic mass is 32.1. The lowest BCUT2D eigenvalue weighted by molar-refractivity contribution is 0.0949. The summed E-state index contributed by atoms with van der Waals surface area (Å²) in [5.41, 5.74) is 2.23. The molecule has 1 saturated heterocycles. The number of carbonyl (C=O) groups is 1. The van der Waals surface area contributed by atoms with Gasteiger partial charge in [-0.3, -0.25) is 4.79 Å². The van der Waals surface area contributed by atoms with Gasteiger partial charge in [0.15, 0.2) is 0 Å². The van der Waals surface area contributed by atoms with E-state index in [1.165, 1.54) is 12.8 Å². The topological polar surface area (TPSA) is 50.4 Å². The Morgan fingerprint density at radius 3 is 2.83 bits per heavy atom. The first kappa shape index (κ1) is 17.0. The van der Waals surface area contributed by atoms with E-state index in [4.69, 9.17) is 4.74 Å². The predicted molar refractivity (Wildman–Crippen MR) is 99.0 cm³/mol. The van der Waals surface area contributed by atoms with Crippen LogP contribution >= 0.6 is 11.3 Å². The van der Waals surface area contributed by atoms with E-state index >= 15 is 0 Å². The Balaban J connectivity index is 1.66. The van der Waals surface area contributed by atoms with Crippen LogP contribution in [0.5, 0.6) is 5.75 Å². The van der Waals surface area contributed by atoms with Gasteiger partial charge >= 0.3 is 0 Å². The average Bonchev–Trinajstić information content (AvgIpc) is 3.02. The zero-order valence-electron chi connectivity index (χ0n) is 14.2. The molecule has 0 saturated carbocycles. The predicted octanol–water partition coefficient (Wildman–Crippen LogP) is 3.46. The van der Waals surface area contributed by atoms with E-state index in [0.717, 1.165) is 46.3 Å². The Kier molecular flexibility index (Phi) is 5.53. The van der Waals surface area contributed by atoms with Crippen molar-refractivity contribution in [3.8, 4) is 16.9 Å². The van der Waals surface area contributed by atoms with Crippen molar-refractivity contribution in [3.05, 3.63) is 40.1 Å². The number of nitrogens with one attached hydrogen (secondary N) is 2. The van der Waals surface area contributed by atoms with Crippen LogP contribution in [0, 0.1) is 12.8 Å². The third kappa shape index (κ3) is 3.97. The van der Waals surface area contributed by atoms with Gasteiger partial charge in [0.05, 0.1) is 12.0 Å². The Bertz CT molecular complexity index is 688. The zero-order valence-corrected chi connectivity index (χ0v) is 15.0. The fourth-order valence-corrected chi connectivity index (χ4v) is 4.03. The van der Waals surface area contributed by atoms with E-state index in [9.17, 15) is 4.79 Å². The first-order valence-electron chi connectivity index (χ1n) is 8.41. The van der Waals surface area contributed by atoms with Crippen LogP contribution in [-0.4, -0.2) is 32.7 Å². The van der Waals surface area contributed by atoms with Crippen LogP contribution < -0.4 is 15.4 Å². The number of carbonyl (C=O) groups excluding carboxylic acids is 1. The molecule has 0 aliphatic carbocycles. The Labute approximate surface area is 147 Å². The van der Waals surface area contributed by atoms with E-state index in [0.29, 0.717) is 5.92 Å². The van der Waals surface area contributed by atoms with Gasteiger partial charge < -0.3 is 15.4 Å². The molecule has 24 heavy (non-hydrogen) atoms. The van der Waals surface area contributed by atoms with Gasteiger partial charge in [0.25, 0.3) is 5.91 Å². The molecule has 1 amide bonds. The maximum atomic E-state index is 12.4. The average molecular weight is 344 g/mol. The van der Waals surface area contributed by atoms with Crippen LogP contribution in [0.1, 0.15) is 27.4 Å². The molecule has 5 heteroatoms. The second-order valence-electron chi connectivity index (χ2n) is 6.23. The second kappa shape index (κ2) is 7.81. The van der Waals surface area contributed by atoms with E-state index in [2.05, 4.69) is 17.6 Å². The summed E-state index contributed by atoms with van der Waals surface area (Å²) in [6.07, 6.45) is 2.38. The van der Waals surface area contributed by atoms with Crippen molar-refractivity contribution < 1.29 is 9.53 Å². The summed E-state index contributed by atoms with van der Waals surface area (Å²) in [7, 11) is 1.66. The number of hydrogen-bond acceptors (Lipinski definition) is 4. The molecule has 4 nitrogen and oxygen atoms in total. The summed E-state index contributed by atoms with van der Waals surface area (Å²) in [4.78, 5) is 14.4. The molecule has 0 bridgehead atoms. The number of piperidine rings is 1.